The third kappa shape index (κ3) is 4.15. The Balaban J connectivity index is 0.000000137. The van der Waals surface area contributed by atoms with E-state index in [1.807, 2.05) is 86.9 Å². The van der Waals surface area contributed by atoms with E-state index in [4.69, 9.17) is 19.4 Å². The second kappa shape index (κ2) is 10.8. The van der Waals surface area contributed by atoms with E-state index in [-0.39, 0.29) is 11.8 Å². The zero-order chi connectivity index (χ0) is 28.6. The minimum atomic E-state index is -0.660. The van der Waals surface area contributed by atoms with E-state index in [1.54, 1.807) is 10.1 Å². The smallest absolute Gasteiger partial charge is 0.248 e. The first-order valence-electron chi connectivity index (χ1n) is 14.1. The number of hydroxylamine groups is 4. The van der Waals surface area contributed by atoms with Gasteiger partial charge in [-0.15, -0.1) is 10.1 Å². The molecule has 8 nitrogen and oxygen atoms in total. The Morgan fingerprint density at radius 3 is 1.21 bits per heavy atom. The van der Waals surface area contributed by atoms with Crippen molar-refractivity contribution in [2.75, 3.05) is 27.3 Å². The van der Waals surface area contributed by atoms with Crippen LogP contribution in [0.1, 0.15) is 22.3 Å². The molecule has 0 aliphatic carbocycles. The fourth-order valence-corrected chi connectivity index (χ4v) is 6.32. The first-order valence-corrected chi connectivity index (χ1v) is 14.1. The monoisotopic (exact) mass is 560 g/mol. The minimum Gasteiger partial charge on any atom is -0.365 e. The number of hydrogen-bond donors (Lipinski definition) is 0. The van der Waals surface area contributed by atoms with Gasteiger partial charge in [-0.2, -0.15) is 0 Å². The van der Waals surface area contributed by atoms with Crippen LogP contribution in [0.5, 0.6) is 0 Å². The molecule has 2 fully saturated rings. The fraction of sp³-hybridized carbons (Fsp3) is 0.235. The maximum Gasteiger partial charge on any atom is 0.248 e. The molecule has 0 amide bonds. The van der Waals surface area contributed by atoms with E-state index in [0.717, 1.165) is 33.7 Å². The van der Waals surface area contributed by atoms with Crippen LogP contribution in [0, 0.1) is 11.8 Å². The first-order chi connectivity index (χ1) is 20.6. The Bertz CT molecular complexity index is 1460. The molecule has 0 N–H and O–H groups in total. The predicted molar refractivity (Wildman–Crippen MR) is 159 cm³/mol. The van der Waals surface area contributed by atoms with Gasteiger partial charge in [0.1, 0.15) is 0 Å². The van der Waals surface area contributed by atoms with E-state index < -0.39 is 11.4 Å². The molecular formula is C34H32N4O4. The highest BCUT2D eigenvalue weighted by molar-refractivity contribution is 6.04. The van der Waals surface area contributed by atoms with Crippen LogP contribution in [-0.4, -0.2) is 48.9 Å². The van der Waals surface area contributed by atoms with Crippen LogP contribution in [0.2, 0.25) is 0 Å². The molecule has 0 spiro atoms. The number of oxime groups is 2. The topological polar surface area (TPSA) is 68.1 Å². The molecule has 42 heavy (non-hydrogen) atoms. The molecule has 4 atom stereocenters. The van der Waals surface area contributed by atoms with Crippen molar-refractivity contribution < 1.29 is 19.4 Å². The van der Waals surface area contributed by atoms with E-state index in [9.17, 15) is 0 Å². The quantitative estimate of drug-likeness (QED) is 0.327. The van der Waals surface area contributed by atoms with Crippen molar-refractivity contribution >= 4 is 11.4 Å². The molecule has 212 valence electrons. The standard InChI is InChI=1S/2C17H16N2O2/c2*1-19-17(14-10-6-3-7-11-14)15(12-20-19)16(18-21-17)13-8-4-2-5-9-13/h2*2-11,15H,12H2,1H3/t2*15-,17+/m10/s1. The molecule has 4 heterocycles. The molecule has 0 unspecified atom stereocenters. The largest absolute Gasteiger partial charge is 0.365 e. The lowest BCUT2D eigenvalue weighted by molar-refractivity contribution is -0.245. The molecule has 0 radical (unpaired) electrons. The number of benzene rings is 4. The van der Waals surface area contributed by atoms with Gasteiger partial charge in [0.05, 0.1) is 36.5 Å². The number of rotatable bonds is 4. The summed E-state index contributed by atoms with van der Waals surface area (Å²) in [6, 6.07) is 40.6. The van der Waals surface area contributed by atoms with Crippen LogP contribution >= 0.6 is 0 Å². The second-order valence-corrected chi connectivity index (χ2v) is 10.7. The minimum absolute atomic E-state index is 0.0623. The van der Waals surface area contributed by atoms with E-state index >= 15 is 0 Å². The average molecular weight is 561 g/mol. The maximum atomic E-state index is 5.92. The summed E-state index contributed by atoms with van der Waals surface area (Å²) in [5.41, 5.74) is 4.86. The molecule has 4 aliphatic rings. The molecule has 8 rings (SSSR count). The summed E-state index contributed by atoms with van der Waals surface area (Å²) < 4.78 is 0. The molecule has 4 aliphatic heterocycles. The second-order valence-electron chi connectivity index (χ2n) is 10.7. The summed E-state index contributed by atoms with van der Waals surface area (Å²) >= 11 is 0. The molecule has 0 aromatic heterocycles. The van der Waals surface area contributed by atoms with Crippen LogP contribution in [0.25, 0.3) is 0 Å². The van der Waals surface area contributed by atoms with E-state index in [2.05, 4.69) is 58.8 Å². The lowest BCUT2D eigenvalue weighted by Crippen LogP contribution is -2.43. The number of nitrogens with zero attached hydrogens (tertiary/aromatic N) is 4. The van der Waals surface area contributed by atoms with Crippen molar-refractivity contribution in [3.63, 3.8) is 0 Å². The Kier molecular flexibility index (Phi) is 6.84. The summed E-state index contributed by atoms with van der Waals surface area (Å²) in [4.78, 5) is 23.4. The molecule has 8 heteroatoms. The summed E-state index contributed by atoms with van der Waals surface area (Å²) in [5.74, 6) is 0.125. The van der Waals surface area contributed by atoms with Crippen molar-refractivity contribution in [1.29, 1.82) is 0 Å². The number of hydrogen-bond acceptors (Lipinski definition) is 8. The van der Waals surface area contributed by atoms with Gasteiger partial charge in [0.25, 0.3) is 0 Å². The van der Waals surface area contributed by atoms with Gasteiger partial charge in [0.2, 0.25) is 11.4 Å². The third-order valence-corrected chi connectivity index (χ3v) is 8.49. The van der Waals surface area contributed by atoms with E-state index in [0.29, 0.717) is 13.2 Å². The van der Waals surface area contributed by atoms with Crippen LogP contribution in [0.15, 0.2) is 132 Å². The molecule has 2 saturated heterocycles. The van der Waals surface area contributed by atoms with Gasteiger partial charge in [-0.1, -0.05) is 132 Å². The molecule has 0 saturated carbocycles. The van der Waals surface area contributed by atoms with Crippen molar-refractivity contribution in [1.82, 2.24) is 10.1 Å². The van der Waals surface area contributed by atoms with Crippen LogP contribution in [-0.2, 0) is 30.8 Å². The van der Waals surface area contributed by atoms with Gasteiger partial charge in [0, 0.05) is 25.2 Å². The van der Waals surface area contributed by atoms with Crippen LogP contribution < -0.4 is 0 Å². The van der Waals surface area contributed by atoms with Crippen LogP contribution in [0.4, 0.5) is 0 Å². The van der Waals surface area contributed by atoms with Crippen molar-refractivity contribution in [3.8, 4) is 0 Å². The molecule has 4 aromatic carbocycles. The zero-order valence-electron chi connectivity index (χ0n) is 23.5. The van der Waals surface area contributed by atoms with Gasteiger partial charge in [0.15, 0.2) is 0 Å². The van der Waals surface area contributed by atoms with Gasteiger partial charge < -0.3 is 9.68 Å². The normalized spacial score (nSPS) is 28.0. The Morgan fingerprint density at radius 1 is 0.524 bits per heavy atom. The highest BCUT2D eigenvalue weighted by Crippen LogP contribution is 2.48. The number of fused-ring (bicyclic) bond motifs is 2. The zero-order valence-corrected chi connectivity index (χ0v) is 23.5. The Labute approximate surface area is 245 Å². The van der Waals surface area contributed by atoms with Gasteiger partial charge >= 0.3 is 0 Å². The van der Waals surface area contributed by atoms with Crippen LogP contribution in [0.3, 0.4) is 0 Å². The highest BCUT2D eigenvalue weighted by Gasteiger charge is 2.60. The van der Waals surface area contributed by atoms with Crippen molar-refractivity contribution in [2.45, 2.75) is 11.4 Å². The predicted octanol–water partition coefficient (Wildman–Crippen LogP) is 5.53. The average Bonchev–Trinajstić information content (AvgIpc) is 3.81. The molecule has 4 aromatic rings. The Morgan fingerprint density at radius 2 is 0.857 bits per heavy atom. The van der Waals surface area contributed by atoms with E-state index in [1.165, 1.54) is 0 Å². The maximum absolute atomic E-state index is 5.92. The third-order valence-electron chi connectivity index (χ3n) is 8.49. The summed E-state index contributed by atoms with van der Waals surface area (Å²) in [7, 11) is 3.80. The fourth-order valence-electron chi connectivity index (χ4n) is 6.32. The summed E-state index contributed by atoms with van der Waals surface area (Å²) in [5, 5.41) is 12.3. The highest BCUT2D eigenvalue weighted by atomic mass is 16.8. The lowest BCUT2D eigenvalue weighted by Gasteiger charge is -2.31. The molecule has 0 bridgehead atoms. The molecular weight excluding hydrogens is 528 g/mol. The first kappa shape index (κ1) is 26.6. The summed E-state index contributed by atoms with van der Waals surface area (Å²) in [6.45, 7) is 1.14. The van der Waals surface area contributed by atoms with Gasteiger partial charge in [-0.05, 0) is 11.1 Å². The Hall–Kier alpha value is -4.34. The van der Waals surface area contributed by atoms with Gasteiger partial charge in [-0.25, -0.2) is 0 Å². The summed E-state index contributed by atoms with van der Waals surface area (Å²) in [6.07, 6.45) is 0. The van der Waals surface area contributed by atoms with Gasteiger partial charge in [-0.3, -0.25) is 9.68 Å². The van der Waals surface area contributed by atoms with Crippen molar-refractivity contribution in [2.24, 2.45) is 22.1 Å². The SMILES string of the molecule is CN1OC[C@@H]2C(c3ccccc3)=NO[C@@]21c1ccccc1.CN1OC[C@H]2C(c3ccccc3)=NO[C@]21c1ccccc1. The lowest BCUT2D eigenvalue weighted by atomic mass is 9.85. The van der Waals surface area contributed by atoms with Crippen molar-refractivity contribution in [3.05, 3.63) is 144 Å².